The third-order valence-corrected chi connectivity index (χ3v) is 2.26. The Morgan fingerprint density at radius 2 is 1.82 bits per heavy atom. The lowest BCUT2D eigenvalue weighted by atomic mass is 10.3. The van der Waals surface area contributed by atoms with E-state index >= 15 is 0 Å². The summed E-state index contributed by atoms with van der Waals surface area (Å²) in [5.74, 6) is 1.32. The van der Waals surface area contributed by atoms with Crippen molar-refractivity contribution in [3.05, 3.63) is 64.0 Å². The summed E-state index contributed by atoms with van der Waals surface area (Å²) in [6.07, 6.45) is 0. The van der Waals surface area contributed by atoms with Gasteiger partial charge < -0.3 is 4.74 Å². The van der Waals surface area contributed by atoms with Gasteiger partial charge in [-0.2, -0.15) is 0 Å². The lowest BCUT2D eigenvalue weighted by Crippen LogP contribution is -1.82. The zero-order chi connectivity index (χ0) is 12.1. The maximum atomic E-state index is 8.27. The van der Waals surface area contributed by atoms with Crippen LogP contribution < -0.4 is 4.74 Å². The Labute approximate surface area is 103 Å². The van der Waals surface area contributed by atoms with Crippen molar-refractivity contribution in [2.45, 2.75) is 0 Å². The molecule has 17 heavy (non-hydrogen) atoms. The van der Waals surface area contributed by atoms with Crippen LogP contribution in [0.3, 0.4) is 0 Å². The van der Waals surface area contributed by atoms with Gasteiger partial charge >= 0.3 is 0 Å². The van der Waals surface area contributed by atoms with Gasteiger partial charge in [0.15, 0.2) is 0 Å². The Hall–Kier alpha value is -2.16. The van der Waals surface area contributed by atoms with E-state index in [9.17, 15) is 0 Å². The SMILES string of the molecule is [N-]=[N+]=Nc1ccc(Oc2cccc(Cl)c2)cc1. The molecule has 2 aromatic carbocycles. The lowest BCUT2D eigenvalue weighted by Gasteiger charge is -2.05. The van der Waals surface area contributed by atoms with Gasteiger partial charge in [0.25, 0.3) is 0 Å². The van der Waals surface area contributed by atoms with Gasteiger partial charge in [-0.1, -0.05) is 22.8 Å². The van der Waals surface area contributed by atoms with Crippen molar-refractivity contribution >= 4 is 17.3 Å². The summed E-state index contributed by atoms with van der Waals surface area (Å²) in [4.78, 5) is 2.70. The van der Waals surface area contributed by atoms with E-state index in [2.05, 4.69) is 10.0 Å². The molecule has 5 heteroatoms. The molecule has 84 valence electrons. The molecule has 0 aromatic heterocycles. The first-order valence-corrected chi connectivity index (χ1v) is 5.24. The van der Waals surface area contributed by atoms with Crippen LogP contribution in [0, 0.1) is 0 Å². The maximum Gasteiger partial charge on any atom is 0.128 e. The first kappa shape index (κ1) is 11.3. The quantitative estimate of drug-likeness (QED) is 0.423. The minimum atomic E-state index is 0.547. The fraction of sp³-hybridized carbons (Fsp3) is 0. The molecular weight excluding hydrogens is 238 g/mol. The molecule has 2 aromatic rings. The average Bonchev–Trinajstić information content (AvgIpc) is 2.32. The van der Waals surface area contributed by atoms with Crippen LogP contribution in [0.2, 0.25) is 5.02 Å². The van der Waals surface area contributed by atoms with Gasteiger partial charge in [-0.3, -0.25) is 0 Å². The Morgan fingerprint density at radius 1 is 1.06 bits per heavy atom. The smallest absolute Gasteiger partial charge is 0.128 e. The second kappa shape index (κ2) is 5.25. The number of azide groups is 1. The van der Waals surface area contributed by atoms with Gasteiger partial charge in [0.05, 0.1) is 0 Å². The third-order valence-electron chi connectivity index (χ3n) is 2.03. The monoisotopic (exact) mass is 245 g/mol. The number of nitrogens with zero attached hydrogens (tertiary/aromatic N) is 3. The molecule has 0 amide bonds. The minimum absolute atomic E-state index is 0.547. The van der Waals surface area contributed by atoms with Crippen LogP contribution in [0.4, 0.5) is 5.69 Å². The molecule has 0 aliphatic carbocycles. The molecule has 0 aliphatic rings. The molecule has 0 fully saturated rings. The van der Waals surface area contributed by atoms with Crippen LogP contribution in [-0.2, 0) is 0 Å². The summed E-state index contributed by atoms with van der Waals surface area (Å²) in [6, 6.07) is 13.9. The topological polar surface area (TPSA) is 58.0 Å². The van der Waals surface area contributed by atoms with Crippen LogP contribution in [0.25, 0.3) is 10.4 Å². The average molecular weight is 246 g/mol. The first-order chi connectivity index (χ1) is 8.28. The van der Waals surface area contributed by atoms with Crippen molar-refractivity contribution in [2.24, 2.45) is 5.11 Å². The van der Waals surface area contributed by atoms with Gasteiger partial charge in [0.2, 0.25) is 0 Å². The number of ether oxygens (including phenoxy) is 1. The second-order valence-electron chi connectivity index (χ2n) is 3.24. The van der Waals surface area contributed by atoms with Crippen LogP contribution in [0.5, 0.6) is 11.5 Å². The summed E-state index contributed by atoms with van der Waals surface area (Å²) in [7, 11) is 0. The zero-order valence-corrected chi connectivity index (χ0v) is 9.50. The molecule has 0 heterocycles. The van der Waals surface area contributed by atoms with E-state index < -0.39 is 0 Å². The number of hydrogen-bond donors (Lipinski definition) is 0. The highest BCUT2D eigenvalue weighted by Gasteiger charge is 1.98. The standard InChI is InChI=1S/C12H8ClN3O/c13-9-2-1-3-12(8-9)17-11-6-4-10(5-7-11)15-16-14/h1-8H. The molecule has 0 unspecified atom stereocenters. The number of rotatable bonds is 3. The first-order valence-electron chi connectivity index (χ1n) is 4.86. The van der Waals surface area contributed by atoms with E-state index in [1.807, 2.05) is 12.1 Å². The molecular formula is C12H8ClN3O. The number of halogens is 1. The van der Waals surface area contributed by atoms with Gasteiger partial charge in [-0.05, 0) is 48.0 Å². The van der Waals surface area contributed by atoms with E-state index in [-0.39, 0.29) is 0 Å². The van der Waals surface area contributed by atoms with Crippen molar-refractivity contribution in [2.75, 3.05) is 0 Å². The summed E-state index contributed by atoms with van der Waals surface area (Å²) < 4.78 is 5.57. The van der Waals surface area contributed by atoms with Gasteiger partial charge in [-0.15, -0.1) is 0 Å². The number of benzene rings is 2. The predicted molar refractivity (Wildman–Crippen MR) is 66.8 cm³/mol. The van der Waals surface area contributed by atoms with Crippen molar-refractivity contribution in [1.82, 2.24) is 0 Å². The molecule has 0 saturated carbocycles. The van der Waals surface area contributed by atoms with Crippen LogP contribution in [0.1, 0.15) is 0 Å². The Morgan fingerprint density at radius 3 is 2.47 bits per heavy atom. The summed E-state index contributed by atoms with van der Waals surface area (Å²) in [5, 5.41) is 4.09. The zero-order valence-electron chi connectivity index (χ0n) is 8.75. The molecule has 0 spiro atoms. The molecule has 0 saturated heterocycles. The highest BCUT2D eigenvalue weighted by atomic mass is 35.5. The lowest BCUT2D eigenvalue weighted by molar-refractivity contribution is 0.483. The highest BCUT2D eigenvalue weighted by molar-refractivity contribution is 6.30. The minimum Gasteiger partial charge on any atom is -0.457 e. The summed E-state index contributed by atoms with van der Waals surface area (Å²) in [6.45, 7) is 0. The summed E-state index contributed by atoms with van der Waals surface area (Å²) in [5.41, 5.74) is 8.81. The van der Waals surface area contributed by atoms with Crippen molar-refractivity contribution in [3.63, 3.8) is 0 Å². The Bertz CT molecular complexity index is 562. The van der Waals surface area contributed by atoms with E-state index in [0.717, 1.165) is 0 Å². The predicted octanol–water partition coefficient (Wildman–Crippen LogP) is 5.07. The molecule has 0 aliphatic heterocycles. The van der Waals surface area contributed by atoms with Gasteiger partial charge in [0, 0.05) is 15.6 Å². The molecule has 0 N–H and O–H groups in total. The van der Waals surface area contributed by atoms with Crippen molar-refractivity contribution in [3.8, 4) is 11.5 Å². The molecule has 4 nitrogen and oxygen atoms in total. The van der Waals surface area contributed by atoms with Crippen LogP contribution in [0.15, 0.2) is 53.6 Å². The van der Waals surface area contributed by atoms with E-state index in [0.29, 0.717) is 22.2 Å². The van der Waals surface area contributed by atoms with E-state index in [1.165, 1.54) is 0 Å². The summed E-state index contributed by atoms with van der Waals surface area (Å²) >= 11 is 5.84. The Kier molecular flexibility index (Phi) is 3.50. The fourth-order valence-electron chi connectivity index (χ4n) is 1.30. The number of hydrogen-bond acceptors (Lipinski definition) is 2. The van der Waals surface area contributed by atoms with Gasteiger partial charge in [0.1, 0.15) is 11.5 Å². The van der Waals surface area contributed by atoms with E-state index in [1.54, 1.807) is 36.4 Å². The van der Waals surface area contributed by atoms with Gasteiger partial charge in [-0.25, -0.2) is 0 Å². The van der Waals surface area contributed by atoms with E-state index in [4.69, 9.17) is 21.9 Å². The molecule has 2 rings (SSSR count). The highest BCUT2D eigenvalue weighted by Crippen LogP contribution is 2.25. The van der Waals surface area contributed by atoms with Crippen LogP contribution >= 0.6 is 11.6 Å². The normalized spacial score (nSPS) is 9.47. The fourth-order valence-corrected chi connectivity index (χ4v) is 1.48. The maximum absolute atomic E-state index is 8.27. The third kappa shape index (κ3) is 3.14. The molecule has 0 radical (unpaired) electrons. The second-order valence-corrected chi connectivity index (χ2v) is 3.68. The van der Waals surface area contributed by atoms with Crippen molar-refractivity contribution < 1.29 is 4.74 Å². The Balaban J connectivity index is 2.16. The largest absolute Gasteiger partial charge is 0.457 e. The van der Waals surface area contributed by atoms with Crippen molar-refractivity contribution in [1.29, 1.82) is 0 Å². The molecule has 0 atom stereocenters. The molecule has 0 bridgehead atoms. The van der Waals surface area contributed by atoms with Crippen LogP contribution in [-0.4, -0.2) is 0 Å².